The first-order chi connectivity index (χ1) is 16.4. The van der Waals surface area contributed by atoms with Crippen LogP contribution in [0, 0.1) is 10.1 Å². The maximum absolute atomic E-state index is 13.1. The van der Waals surface area contributed by atoms with Gasteiger partial charge in [0.05, 0.1) is 23.1 Å². The molecule has 0 radical (unpaired) electrons. The molecular weight excluding hydrogens is 438 g/mol. The highest BCUT2D eigenvalue weighted by Gasteiger charge is 2.46. The summed E-state index contributed by atoms with van der Waals surface area (Å²) in [4.78, 5) is 42.4. The number of aliphatic hydroxyl groups excluding tert-OH is 1. The summed E-state index contributed by atoms with van der Waals surface area (Å²) in [7, 11) is 0. The van der Waals surface area contributed by atoms with Gasteiger partial charge in [-0.25, -0.2) is 0 Å². The van der Waals surface area contributed by atoms with Crippen LogP contribution in [0.4, 0.5) is 5.69 Å². The number of amides is 1. The number of ether oxygens (including phenoxy) is 1. The number of carbonyl (C=O) groups excluding carboxylic acids is 2. The third-order valence-electron chi connectivity index (χ3n) is 5.43. The van der Waals surface area contributed by atoms with Crippen LogP contribution in [0.1, 0.15) is 29.7 Å². The average molecular weight is 459 g/mol. The van der Waals surface area contributed by atoms with Crippen LogP contribution in [0.15, 0.2) is 78.6 Å². The molecule has 1 unspecified atom stereocenters. The second-order valence-electron chi connectivity index (χ2n) is 7.60. The molecule has 172 valence electrons. The monoisotopic (exact) mass is 459 g/mol. The van der Waals surface area contributed by atoms with Crippen LogP contribution < -0.4 is 4.74 Å². The Morgan fingerprint density at radius 1 is 1.15 bits per heavy atom. The van der Waals surface area contributed by atoms with Crippen molar-refractivity contribution in [2.24, 2.45) is 0 Å². The number of rotatable bonds is 7. The van der Waals surface area contributed by atoms with E-state index in [4.69, 9.17) is 4.74 Å². The largest absolute Gasteiger partial charge is 0.507 e. The summed E-state index contributed by atoms with van der Waals surface area (Å²) in [5, 5.41) is 22.6. The number of non-ortho nitro benzene ring substituents is 1. The lowest BCUT2D eigenvalue weighted by Gasteiger charge is -2.25. The number of nitro groups is 1. The zero-order valence-electron chi connectivity index (χ0n) is 18.2. The first kappa shape index (κ1) is 22.7. The Morgan fingerprint density at radius 2 is 1.94 bits per heavy atom. The van der Waals surface area contributed by atoms with Gasteiger partial charge < -0.3 is 14.7 Å². The first-order valence-electron chi connectivity index (χ1n) is 10.6. The molecule has 2 aromatic carbocycles. The van der Waals surface area contributed by atoms with Gasteiger partial charge in [-0.1, -0.05) is 30.3 Å². The molecule has 2 heterocycles. The van der Waals surface area contributed by atoms with E-state index in [9.17, 15) is 24.8 Å². The van der Waals surface area contributed by atoms with Crippen LogP contribution in [-0.4, -0.2) is 38.2 Å². The predicted molar refractivity (Wildman–Crippen MR) is 123 cm³/mol. The van der Waals surface area contributed by atoms with Crippen molar-refractivity contribution >= 4 is 23.1 Å². The molecule has 3 aromatic rings. The van der Waals surface area contributed by atoms with Gasteiger partial charge in [0.2, 0.25) is 0 Å². The van der Waals surface area contributed by atoms with Gasteiger partial charge in [0.1, 0.15) is 11.5 Å². The lowest BCUT2D eigenvalue weighted by molar-refractivity contribution is -0.384. The van der Waals surface area contributed by atoms with E-state index in [0.29, 0.717) is 29.0 Å². The minimum Gasteiger partial charge on any atom is -0.507 e. The molecule has 0 aliphatic carbocycles. The lowest BCUT2D eigenvalue weighted by atomic mass is 9.95. The van der Waals surface area contributed by atoms with Crippen molar-refractivity contribution in [2.75, 3.05) is 6.61 Å². The maximum Gasteiger partial charge on any atom is 0.295 e. The predicted octanol–water partition coefficient (Wildman–Crippen LogP) is 4.01. The number of Topliss-reactive ketones (excluding diaryl/α,β-unsaturated/α-hetero) is 1. The molecule has 1 atom stereocenters. The van der Waals surface area contributed by atoms with E-state index in [2.05, 4.69) is 4.98 Å². The van der Waals surface area contributed by atoms with Crippen molar-refractivity contribution in [3.63, 3.8) is 0 Å². The Bertz CT molecular complexity index is 1290. The molecule has 34 heavy (non-hydrogen) atoms. The van der Waals surface area contributed by atoms with E-state index in [0.717, 1.165) is 0 Å². The quantitative estimate of drug-likeness (QED) is 0.186. The Labute approximate surface area is 195 Å². The number of hydrogen-bond acceptors (Lipinski definition) is 7. The van der Waals surface area contributed by atoms with Crippen molar-refractivity contribution in [2.45, 2.75) is 19.5 Å². The molecule has 4 rings (SSSR count). The molecule has 1 N–H and O–H groups in total. The van der Waals surface area contributed by atoms with E-state index >= 15 is 0 Å². The SMILES string of the molecule is CCOc1cccc(/C(O)=C2\C(=O)C(=O)N(Cc3cccnc3)C2c2cccc([N+](=O)[O-])c2)c1. The van der Waals surface area contributed by atoms with Crippen molar-refractivity contribution < 1.29 is 24.4 Å². The molecule has 0 bridgehead atoms. The van der Waals surface area contributed by atoms with Crippen LogP contribution in [0.2, 0.25) is 0 Å². The third kappa shape index (κ3) is 4.36. The van der Waals surface area contributed by atoms with Crippen molar-refractivity contribution in [3.05, 3.63) is 105 Å². The van der Waals surface area contributed by atoms with Gasteiger partial charge in [-0.3, -0.25) is 24.7 Å². The third-order valence-corrected chi connectivity index (χ3v) is 5.43. The number of carbonyl (C=O) groups is 2. The van der Waals surface area contributed by atoms with Crippen LogP contribution in [-0.2, 0) is 16.1 Å². The number of hydrogen-bond donors (Lipinski definition) is 1. The normalized spacial score (nSPS) is 17.1. The van der Waals surface area contributed by atoms with E-state index in [1.165, 1.54) is 23.1 Å². The van der Waals surface area contributed by atoms with Crippen LogP contribution in [0.25, 0.3) is 5.76 Å². The van der Waals surface area contributed by atoms with E-state index in [1.54, 1.807) is 54.9 Å². The summed E-state index contributed by atoms with van der Waals surface area (Å²) >= 11 is 0. The van der Waals surface area contributed by atoms with E-state index in [-0.39, 0.29) is 23.6 Å². The van der Waals surface area contributed by atoms with Crippen LogP contribution in [0.3, 0.4) is 0 Å². The number of nitrogens with zero attached hydrogens (tertiary/aromatic N) is 3. The summed E-state index contributed by atoms with van der Waals surface area (Å²) in [6, 6.07) is 14.6. The van der Waals surface area contributed by atoms with Gasteiger partial charge in [0.15, 0.2) is 0 Å². The van der Waals surface area contributed by atoms with Crippen molar-refractivity contribution in [1.29, 1.82) is 0 Å². The molecule has 9 heteroatoms. The highest BCUT2D eigenvalue weighted by Crippen LogP contribution is 2.41. The molecule has 1 amide bonds. The molecule has 0 spiro atoms. The number of aromatic nitrogens is 1. The molecule has 0 saturated carbocycles. The number of benzene rings is 2. The van der Waals surface area contributed by atoms with E-state index in [1.807, 2.05) is 6.92 Å². The van der Waals surface area contributed by atoms with Crippen molar-refractivity contribution in [1.82, 2.24) is 9.88 Å². The highest BCUT2D eigenvalue weighted by molar-refractivity contribution is 6.46. The van der Waals surface area contributed by atoms with Crippen LogP contribution >= 0.6 is 0 Å². The van der Waals surface area contributed by atoms with E-state index < -0.39 is 22.7 Å². The minimum absolute atomic E-state index is 0.0293. The lowest BCUT2D eigenvalue weighted by Crippen LogP contribution is -2.29. The Morgan fingerprint density at radius 3 is 2.65 bits per heavy atom. The molecule has 1 aliphatic rings. The fraction of sp³-hybridized carbons (Fsp3) is 0.160. The number of pyridine rings is 1. The second kappa shape index (κ2) is 9.53. The Kier molecular flexibility index (Phi) is 6.35. The van der Waals surface area contributed by atoms with Gasteiger partial charge >= 0.3 is 0 Å². The first-order valence-corrected chi connectivity index (χ1v) is 10.6. The molecule has 1 fully saturated rings. The molecule has 1 aliphatic heterocycles. The molecule has 1 saturated heterocycles. The number of ketones is 1. The fourth-order valence-electron chi connectivity index (χ4n) is 3.94. The topological polar surface area (TPSA) is 123 Å². The second-order valence-corrected chi connectivity index (χ2v) is 7.60. The summed E-state index contributed by atoms with van der Waals surface area (Å²) in [6.45, 7) is 2.26. The van der Waals surface area contributed by atoms with Crippen LogP contribution in [0.5, 0.6) is 5.75 Å². The number of aliphatic hydroxyl groups is 1. The van der Waals surface area contributed by atoms with Gasteiger partial charge in [-0.15, -0.1) is 0 Å². The minimum atomic E-state index is -1.03. The smallest absolute Gasteiger partial charge is 0.295 e. The maximum atomic E-state index is 13.1. The molecular formula is C25H21N3O6. The Hall–Kier alpha value is -4.53. The summed E-state index contributed by atoms with van der Waals surface area (Å²) < 4.78 is 5.48. The van der Waals surface area contributed by atoms with Crippen molar-refractivity contribution in [3.8, 4) is 5.75 Å². The van der Waals surface area contributed by atoms with Gasteiger partial charge in [0, 0.05) is 36.6 Å². The molecule has 9 nitrogen and oxygen atoms in total. The standard InChI is InChI=1S/C25H21N3O6/c1-2-34-20-10-4-8-18(13-20)23(29)21-22(17-7-3-9-19(12-17)28(32)33)27(25(31)24(21)30)15-16-6-5-11-26-14-16/h3-14,22,29H,2,15H2,1H3/b23-21+. The number of likely N-dealkylation sites (tertiary alicyclic amines) is 1. The van der Waals surface area contributed by atoms with Gasteiger partial charge in [-0.05, 0) is 36.2 Å². The fourth-order valence-corrected chi connectivity index (χ4v) is 3.94. The summed E-state index contributed by atoms with van der Waals surface area (Å²) in [6.07, 6.45) is 3.15. The van der Waals surface area contributed by atoms with Gasteiger partial charge in [0.25, 0.3) is 17.4 Å². The molecule has 1 aromatic heterocycles. The summed E-state index contributed by atoms with van der Waals surface area (Å²) in [5.41, 5.74) is 0.949. The Balaban J connectivity index is 1.88. The zero-order valence-corrected chi connectivity index (χ0v) is 18.2. The average Bonchev–Trinajstić information content (AvgIpc) is 3.09. The zero-order chi connectivity index (χ0) is 24.2. The number of nitro benzene ring substituents is 1. The van der Waals surface area contributed by atoms with Gasteiger partial charge in [-0.2, -0.15) is 0 Å². The highest BCUT2D eigenvalue weighted by atomic mass is 16.6. The summed E-state index contributed by atoms with van der Waals surface area (Å²) in [5.74, 6) is -1.59.